The largest absolute Gasteiger partial charge is 0.493 e. The standard InChI is InChI=1S/C10H12O4/c1-12-7-14-10-8(6-11)4-3-5-9(10)13-2/h3-6H,7H2,1-2H3/i3+2,4+2,5+2,8+2,9+2,10+2. The Balaban J connectivity index is 2.99. The molecule has 4 nitrogen and oxygen atoms in total. The van der Waals surface area contributed by atoms with E-state index in [0.717, 1.165) is 0 Å². The second-order valence-corrected chi connectivity index (χ2v) is 2.55. The van der Waals surface area contributed by atoms with E-state index in [1.807, 2.05) is 0 Å². The van der Waals surface area contributed by atoms with Gasteiger partial charge in [0.2, 0.25) is 0 Å². The van der Waals surface area contributed by atoms with Crippen molar-refractivity contribution in [1.82, 2.24) is 0 Å². The minimum Gasteiger partial charge on any atom is -0.493 e. The predicted molar refractivity (Wildman–Crippen MR) is 50.9 cm³/mol. The number of para-hydroxylation sites is 1. The van der Waals surface area contributed by atoms with Crippen molar-refractivity contribution < 1.29 is 19.0 Å². The molecule has 0 N–H and O–H groups in total. The molecule has 0 aliphatic rings. The van der Waals surface area contributed by atoms with Crippen molar-refractivity contribution in [2.75, 3.05) is 21.0 Å². The number of hydrogen-bond donors (Lipinski definition) is 0. The van der Waals surface area contributed by atoms with E-state index >= 15 is 0 Å². The van der Waals surface area contributed by atoms with E-state index in [1.54, 1.807) is 18.2 Å². The Morgan fingerprint density at radius 1 is 1.36 bits per heavy atom. The van der Waals surface area contributed by atoms with Gasteiger partial charge in [0.15, 0.2) is 24.6 Å². The van der Waals surface area contributed by atoms with Crippen LogP contribution in [0.5, 0.6) is 11.5 Å². The predicted octanol–water partition coefficient (Wildman–Crippen LogP) is 1.49. The van der Waals surface area contributed by atoms with Crippen molar-refractivity contribution >= 4 is 6.29 Å². The minimum absolute atomic E-state index is 0.0845. The van der Waals surface area contributed by atoms with Gasteiger partial charge in [0.1, 0.15) is 0 Å². The highest BCUT2D eigenvalue weighted by Gasteiger charge is 2.09. The third kappa shape index (κ3) is 2.23. The highest BCUT2D eigenvalue weighted by molar-refractivity contribution is 5.81. The first kappa shape index (κ1) is 10.5. The van der Waals surface area contributed by atoms with Crippen molar-refractivity contribution in [1.29, 1.82) is 0 Å². The van der Waals surface area contributed by atoms with Gasteiger partial charge in [-0.2, -0.15) is 0 Å². The lowest BCUT2D eigenvalue weighted by molar-refractivity contribution is 0.0485. The lowest BCUT2D eigenvalue weighted by Crippen LogP contribution is -2.03. The van der Waals surface area contributed by atoms with Crippen LogP contribution in [0.3, 0.4) is 0 Å². The monoisotopic (exact) mass is 208 g/mol. The van der Waals surface area contributed by atoms with Crippen LogP contribution in [0.1, 0.15) is 10.4 Å². The van der Waals surface area contributed by atoms with Gasteiger partial charge in [-0.25, -0.2) is 0 Å². The molecule has 0 radical (unpaired) electrons. The Kier molecular flexibility index (Phi) is 3.94. The fraction of sp³-hybridized carbons (Fsp3) is 0.300. The van der Waals surface area contributed by atoms with E-state index in [-0.39, 0.29) is 6.79 Å². The molecule has 0 spiro atoms. The van der Waals surface area contributed by atoms with Crippen LogP contribution in [0.4, 0.5) is 0 Å². The lowest BCUT2D eigenvalue weighted by Gasteiger charge is -2.11. The van der Waals surface area contributed by atoms with Crippen molar-refractivity contribution in [3.8, 4) is 11.5 Å². The van der Waals surface area contributed by atoms with E-state index in [4.69, 9.17) is 14.2 Å². The molecule has 14 heavy (non-hydrogen) atoms. The number of hydrogen-bond acceptors (Lipinski definition) is 4. The second-order valence-electron chi connectivity index (χ2n) is 2.55. The Bertz CT molecular complexity index is 309. The summed E-state index contributed by atoms with van der Waals surface area (Å²) in [7, 11) is 3.03. The average Bonchev–Trinajstić information content (AvgIpc) is 2.25. The summed E-state index contributed by atoms with van der Waals surface area (Å²) in [6, 6.07) is 5.10. The first-order valence-corrected chi connectivity index (χ1v) is 4.07. The molecule has 0 aliphatic heterocycles. The highest BCUT2D eigenvalue weighted by atomic mass is 16.8. The third-order valence-electron chi connectivity index (χ3n) is 1.68. The van der Waals surface area contributed by atoms with Crippen LogP contribution < -0.4 is 9.47 Å². The molecule has 1 aromatic carbocycles. The van der Waals surface area contributed by atoms with Crippen LogP contribution in [0.2, 0.25) is 0 Å². The van der Waals surface area contributed by atoms with Gasteiger partial charge in [0.05, 0.1) is 12.7 Å². The number of benzene rings is 1. The van der Waals surface area contributed by atoms with Crippen LogP contribution in [0.15, 0.2) is 18.2 Å². The SMILES string of the molecule is COCO[14c]1[14c](C=O)[14cH][14cH][14cH][14c]1OC. The fourth-order valence-electron chi connectivity index (χ4n) is 1.06. The molecule has 4 heteroatoms. The topological polar surface area (TPSA) is 44.8 Å². The maximum Gasteiger partial charge on any atom is 0.188 e. The molecule has 0 heterocycles. The summed E-state index contributed by atoms with van der Waals surface area (Å²) in [5.74, 6) is 0.929. The van der Waals surface area contributed by atoms with Gasteiger partial charge in [-0.1, -0.05) is 6.07 Å². The van der Waals surface area contributed by atoms with E-state index in [1.165, 1.54) is 14.2 Å². The second kappa shape index (κ2) is 5.24. The number of carbonyl (C=O) groups is 1. The molecular formula is C10H12O4. The van der Waals surface area contributed by atoms with E-state index in [2.05, 4.69) is 0 Å². The molecule has 0 amide bonds. The van der Waals surface area contributed by atoms with Crippen molar-refractivity contribution in [2.45, 2.75) is 0 Å². The molecule has 0 fully saturated rings. The maximum atomic E-state index is 10.7. The van der Waals surface area contributed by atoms with Crippen LogP contribution in [-0.2, 0) is 4.74 Å². The van der Waals surface area contributed by atoms with Gasteiger partial charge < -0.3 is 14.2 Å². The summed E-state index contributed by atoms with van der Waals surface area (Å²) in [4.78, 5) is 10.7. The van der Waals surface area contributed by atoms with Crippen LogP contribution in [0.25, 0.3) is 0 Å². The molecule has 0 unspecified atom stereocenters. The highest BCUT2D eigenvalue weighted by Crippen LogP contribution is 2.29. The maximum absolute atomic E-state index is 10.7. The zero-order valence-corrected chi connectivity index (χ0v) is 8.15. The number of aldehydes is 1. The molecule has 0 bridgehead atoms. The van der Waals surface area contributed by atoms with Crippen molar-refractivity contribution in [3.05, 3.63) is 23.8 Å². The molecule has 0 aliphatic carbocycles. The Morgan fingerprint density at radius 3 is 2.71 bits per heavy atom. The normalized spacial score (nSPS) is 9.57. The van der Waals surface area contributed by atoms with E-state index in [9.17, 15) is 4.79 Å². The summed E-state index contributed by atoms with van der Waals surface area (Å²) in [5.41, 5.74) is 0.446. The summed E-state index contributed by atoms with van der Waals surface area (Å²) in [5, 5.41) is 0. The summed E-state index contributed by atoms with van der Waals surface area (Å²) in [6.45, 7) is 0.0845. The number of rotatable bonds is 5. The lowest BCUT2D eigenvalue weighted by atomic mass is 11.4. The quantitative estimate of drug-likeness (QED) is 0.543. The average molecular weight is 208 g/mol. The Hall–Kier alpha value is -1.55. The molecule has 0 saturated carbocycles. The Morgan fingerprint density at radius 2 is 2.14 bits per heavy atom. The summed E-state index contributed by atoms with van der Waals surface area (Å²) < 4.78 is 15.0. The first-order valence-electron chi connectivity index (χ1n) is 4.07. The van der Waals surface area contributed by atoms with Gasteiger partial charge in [0, 0.05) is 7.11 Å². The van der Waals surface area contributed by atoms with Crippen molar-refractivity contribution in [3.63, 3.8) is 0 Å². The van der Waals surface area contributed by atoms with Gasteiger partial charge in [-0.15, -0.1) is 0 Å². The minimum atomic E-state index is 0.0845. The summed E-state index contributed by atoms with van der Waals surface area (Å²) >= 11 is 0. The van der Waals surface area contributed by atoms with Gasteiger partial charge in [-0.3, -0.25) is 4.79 Å². The molecule has 0 aromatic heterocycles. The smallest absolute Gasteiger partial charge is 0.188 e. The van der Waals surface area contributed by atoms with Gasteiger partial charge >= 0.3 is 0 Å². The first-order chi connectivity index (χ1) is 6.83. The molecule has 0 atom stereocenters. The fourth-order valence-corrected chi connectivity index (χ4v) is 1.06. The van der Waals surface area contributed by atoms with Crippen molar-refractivity contribution in [2.24, 2.45) is 0 Å². The van der Waals surface area contributed by atoms with Crippen LogP contribution >= 0.6 is 0 Å². The molecule has 76 valence electrons. The molecule has 0 saturated heterocycles. The molecule has 1 aromatic rings. The number of carbonyl (C=O) groups excluding carboxylic acids is 1. The van der Waals surface area contributed by atoms with Gasteiger partial charge in [0.25, 0.3) is 0 Å². The Labute approximate surface area is 82.4 Å². The van der Waals surface area contributed by atoms with Crippen LogP contribution in [-0.4, -0.2) is 27.3 Å². The molecular weight excluding hydrogens is 196 g/mol. The zero-order chi connectivity index (χ0) is 10.4. The van der Waals surface area contributed by atoms with E-state index in [0.29, 0.717) is 23.3 Å². The third-order valence-corrected chi connectivity index (χ3v) is 1.68. The van der Waals surface area contributed by atoms with Gasteiger partial charge in [-0.05, 0) is 12.1 Å². The number of methoxy groups -OCH3 is 2. The molecule has 1 rings (SSSR count). The number of ether oxygens (including phenoxy) is 3. The summed E-state index contributed by atoms with van der Waals surface area (Å²) in [6.07, 6.45) is 0.716. The van der Waals surface area contributed by atoms with Crippen LogP contribution in [0, 0.1) is 0 Å². The zero-order valence-electron chi connectivity index (χ0n) is 8.15. The van der Waals surface area contributed by atoms with E-state index < -0.39 is 0 Å².